The van der Waals surface area contributed by atoms with E-state index in [-0.39, 0.29) is 5.91 Å². The molecular weight excluding hydrogens is 388 g/mol. The molecule has 7 heteroatoms. The van der Waals surface area contributed by atoms with Gasteiger partial charge in [-0.15, -0.1) is 10.2 Å². The number of ether oxygens (including phenoxy) is 1. The summed E-state index contributed by atoms with van der Waals surface area (Å²) in [6.07, 6.45) is 3.43. The number of piperidine rings is 1. The molecule has 1 aromatic carbocycles. The fraction of sp³-hybridized carbons (Fsp3) is 0.500. The fourth-order valence-electron chi connectivity index (χ4n) is 4.76. The second kappa shape index (κ2) is 8.28. The second-order valence-electron chi connectivity index (χ2n) is 7.94. The quantitative estimate of drug-likeness (QED) is 0.764. The maximum atomic E-state index is 12.9. The number of carbonyl (C=O) groups excluding carboxylic acids is 1. The molecule has 0 saturated carbocycles. The van der Waals surface area contributed by atoms with Crippen LogP contribution in [-0.2, 0) is 0 Å². The Balaban J connectivity index is 1.52. The first kappa shape index (κ1) is 20.1. The topological polar surface area (TPSA) is 58.6 Å². The van der Waals surface area contributed by atoms with Crippen molar-refractivity contribution < 1.29 is 9.53 Å². The number of amides is 1. The number of halogens is 1. The Morgan fingerprint density at radius 2 is 1.93 bits per heavy atom. The molecule has 0 radical (unpaired) electrons. The standard InChI is InChI=1S/C22H27ClN4O2/c1-14-15(2)20(29-3)9-7-17(14)19-6-4-5-16-13-26(11-12-27(16)19)22(28)18-8-10-21(23)25-24-18/h7-10,16,19H,4-6,11-13H2,1-3H3/t16-,19+/m0/s1. The van der Waals surface area contributed by atoms with Gasteiger partial charge in [0, 0.05) is 31.7 Å². The highest BCUT2D eigenvalue weighted by Gasteiger charge is 2.38. The second-order valence-corrected chi connectivity index (χ2v) is 8.33. The van der Waals surface area contributed by atoms with Crippen molar-refractivity contribution in [3.63, 3.8) is 0 Å². The van der Waals surface area contributed by atoms with Crippen LogP contribution < -0.4 is 4.74 Å². The fourth-order valence-corrected chi connectivity index (χ4v) is 4.86. The van der Waals surface area contributed by atoms with Gasteiger partial charge < -0.3 is 9.64 Å². The molecule has 0 aliphatic carbocycles. The molecule has 0 spiro atoms. The summed E-state index contributed by atoms with van der Waals surface area (Å²) in [7, 11) is 1.72. The molecule has 2 atom stereocenters. The lowest BCUT2D eigenvalue weighted by atomic mass is 9.86. The first-order chi connectivity index (χ1) is 14.0. The third-order valence-corrected chi connectivity index (χ3v) is 6.64. The van der Waals surface area contributed by atoms with Crippen LogP contribution in [0.15, 0.2) is 24.3 Å². The number of carbonyl (C=O) groups is 1. The van der Waals surface area contributed by atoms with E-state index in [0.29, 0.717) is 29.5 Å². The molecule has 0 N–H and O–H groups in total. The Labute approximate surface area is 176 Å². The highest BCUT2D eigenvalue weighted by molar-refractivity contribution is 6.29. The summed E-state index contributed by atoms with van der Waals surface area (Å²) >= 11 is 5.80. The van der Waals surface area contributed by atoms with Gasteiger partial charge in [-0.3, -0.25) is 9.69 Å². The number of fused-ring (bicyclic) bond motifs is 1. The van der Waals surface area contributed by atoms with Crippen LogP contribution >= 0.6 is 11.6 Å². The van der Waals surface area contributed by atoms with Gasteiger partial charge in [0.15, 0.2) is 10.8 Å². The lowest BCUT2D eigenvalue weighted by Gasteiger charge is -2.48. The van der Waals surface area contributed by atoms with Crippen molar-refractivity contribution in [3.8, 4) is 5.75 Å². The van der Waals surface area contributed by atoms with Gasteiger partial charge in [0.25, 0.3) is 5.91 Å². The lowest BCUT2D eigenvalue weighted by molar-refractivity contribution is 0.00984. The van der Waals surface area contributed by atoms with Crippen LogP contribution in [0.4, 0.5) is 0 Å². The van der Waals surface area contributed by atoms with Crippen LogP contribution in [0.5, 0.6) is 5.75 Å². The lowest BCUT2D eigenvalue weighted by Crippen LogP contribution is -2.57. The molecule has 6 nitrogen and oxygen atoms in total. The van der Waals surface area contributed by atoms with Gasteiger partial charge in [0.05, 0.1) is 7.11 Å². The van der Waals surface area contributed by atoms with Crippen LogP contribution in [0.3, 0.4) is 0 Å². The number of nitrogens with zero attached hydrogens (tertiary/aromatic N) is 4. The van der Waals surface area contributed by atoms with Crippen molar-refractivity contribution in [1.82, 2.24) is 20.0 Å². The zero-order chi connectivity index (χ0) is 20.5. The molecule has 2 aliphatic rings. The zero-order valence-electron chi connectivity index (χ0n) is 17.2. The normalized spacial score (nSPS) is 22.3. The largest absolute Gasteiger partial charge is 0.496 e. The Hall–Kier alpha value is -2.18. The molecule has 0 unspecified atom stereocenters. The summed E-state index contributed by atoms with van der Waals surface area (Å²) in [4.78, 5) is 17.4. The Kier molecular flexibility index (Phi) is 5.74. The van der Waals surface area contributed by atoms with E-state index >= 15 is 0 Å². The summed E-state index contributed by atoms with van der Waals surface area (Å²) in [5, 5.41) is 8.06. The van der Waals surface area contributed by atoms with Crippen molar-refractivity contribution in [2.24, 2.45) is 0 Å². The molecule has 154 valence electrons. The van der Waals surface area contributed by atoms with E-state index in [9.17, 15) is 4.79 Å². The number of benzene rings is 1. The number of hydrogen-bond donors (Lipinski definition) is 0. The van der Waals surface area contributed by atoms with E-state index in [0.717, 1.165) is 31.7 Å². The maximum Gasteiger partial charge on any atom is 0.274 e. The van der Waals surface area contributed by atoms with E-state index in [4.69, 9.17) is 16.3 Å². The summed E-state index contributed by atoms with van der Waals surface area (Å²) < 4.78 is 5.49. The molecule has 4 rings (SSSR count). The van der Waals surface area contributed by atoms with Crippen LogP contribution in [0, 0.1) is 13.8 Å². The number of rotatable bonds is 3. The summed E-state index contributed by atoms with van der Waals surface area (Å²) in [5.41, 5.74) is 4.26. The van der Waals surface area contributed by atoms with Crippen LogP contribution in [0.2, 0.25) is 5.15 Å². The molecule has 29 heavy (non-hydrogen) atoms. The average molecular weight is 415 g/mol. The third kappa shape index (κ3) is 3.83. The molecule has 3 heterocycles. The van der Waals surface area contributed by atoms with Gasteiger partial charge in [-0.1, -0.05) is 17.7 Å². The third-order valence-electron chi connectivity index (χ3n) is 6.44. The monoisotopic (exact) mass is 414 g/mol. The molecule has 2 saturated heterocycles. The van der Waals surface area contributed by atoms with Gasteiger partial charge in [0.2, 0.25) is 0 Å². The van der Waals surface area contributed by atoms with Crippen molar-refractivity contribution in [2.45, 2.75) is 45.2 Å². The predicted molar refractivity (Wildman–Crippen MR) is 112 cm³/mol. The van der Waals surface area contributed by atoms with E-state index in [1.807, 2.05) is 4.90 Å². The van der Waals surface area contributed by atoms with E-state index in [1.165, 1.54) is 23.1 Å². The Morgan fingerprint density at radius 1 is 1.10 bits per heavy atom. The van der Waals surface area contributed by atoms with Crippen molar-refractivity contribution >= 4 is 17.5 Å². The van der Waals surface area contributed by atoms with Crippen molar-refractivity contribution in [2.75, 3.05) is 26.7 Å². The highest BCUT2D eigenvalue weighted by atomic mass is 35.5. The average Bonchev–Trinajstić information content (AvgIpc) is 2.75. The zero-order valence-corrected chi connectivity index (χ0v) is 17.9. The molecule has 2 fully saturated rings. The molecule has 1 amide bonds. The Bertz CT molecular complexity index is 902. The minimum absolute atomic E-state index is 0.0626. The number of aromatic nitrogens is 2. The minimum Gasteiger partial charge on any atom is -0.496 e. The van der Waals surface area contributed by atoms with E-state index in [1.54, 1.807) is 19.2 Å². The SMILES string of the molecule is COc1ccc([C@H]2CCC[C@H]3CN(C(=O)c4ccc(Cl)nn4)CCN32)c(C)c1C. The first-order valence-electron chi connectivity index (χ1n) is 10.2. The Morgan fingerprint density at radius 3 is 2.66 bits per heavy atom. The van der Waals surface area contributed by atoms with Crippen LogP contribution in [-0.4, -0.2) is 58.7 Å². The van der Waals surface area contributed by atoms with Crippen molar-refractivity contribution in [1.29, 1.82) is 0 Å². The van der Waals surface area contributed by atoms with Gasteiger partial charge in [0.1, 0.15) is 5.75 Å². The summed E-state index contributed by atoms with van der Waals surface area (Å²) in [6.45, 7) is 6.61. The van der Waals surface area contributed by atoms with Gasteiger partial charge in [-0.2, -0.15) is 0 Å². The predicted octanol–water partition coefficient (Wildman–Crippen LogP) is 3.81. The van der Waals surface area contributed by atoms with Gasteiger partial charge in [-0.05, 0) is 68.0 Å². The smallest absolute Gasteiger partial charge is 0.274 e. The first-order valence-corrected chi connectivity index (χ1v) is 10.6. The summed E-state index contributed by atoms with van der Waals surface area (Å²) in [6, 6.07) is 8.33. The van der Waals surface area contributed by atoms with E-state index in [2.05, 4.69) is 41.1 Å². The van der Waals surface area contributed by atoms with Crippen LogP contribution in [0.25, 0.3) is 0 Å². The minimum atomic E-state index is -0.0626. The number of methoxy groups -OCH3 is 1. The molecule has 2 aliphatic heterocycles. The summed E-state index contributed by atoms with van der Waals surface area (Å²) in [5.74, 6) is 0.880. The van der Waals surface area contributed by atoms with Crippen molar-refractivity contribution in [3.05, 3.63) is 51.8 Å². The van der Waals surface area contributed by atoms with Crippen LogP contribution in [0.1, 0.15) is 52.5 Å². The number of hydrogen-bond acceptors (Lipinski definition) is 5. The molecule has 1 aromatic heterocycles. The highest BCUT2D eigenvalue weighted by Crippen LogP contribution is 2.39. The van der Waals surface area contributed by atoms with Gasteiger partial charge in [-0.25, -0.2) is 0 Å². The maximum absolute atomic E-state index is 12.9. The van der Waals surface area contributed by atoms with E-state index < -0.39 is 0 Å². The molecular formula is C22H27ClN4O2. The molecule has 2 aromatic rings. The molecule has 0 bridgehead atoms. The van der Waals surface area contributed by atoms with Gasteiger partial charge >= 0.3 is 0 Å². The number of piperazine rings is 1.